The van der Waals surface area contributed by atoms with Gasteiger partial charge < -0.3 is 9.84 Å². The highest BCUT2D eigenvalue weighted by Gasteiger charge is 2.36. The molecule has 2 atom stereocenters. The first-order valence-corrected chi connectivity index (χ1v) is 7.14. The summed E-state index contributed by atoms with van der Waals surface area (Å²) in [6, 6.07) is 4.92. The summed E-state index contributed by atoms with van der Waals surface area (Å²) < 4.78 is 20.0. The van der Waals surface area contributed by atoms with Gasteiger partial charge in [-0.2, -0.15) is 0 Å². The Balaban J connectivity index is 2.02. The topological polar surface area (TPSA) is 29.5 Å². The lowest BCUT2D eigenvalue weighted by Crippen LogP contribution is -2.33. The molecule has 0 heterocycles. The molecule has 0 radical (unpaired) electrons. The lowest BCUT2D eigenvalue weighted by atomic mass is 10.0. The van der Waals surface area contributed by atoms with Gasteiger partial charge >= 0.3 is 0 Å². The summed E-state index contributed by atoms with van der Waals surface area (Å²) in [5.41, 5.74) is 0.538. The minimum absolute atomic E-state index is 0.155. The number of ether oxygens (including phenoxy) is 1. The minimum atomic E-state index is -0.631. The number of rotatable bonds is 6. The summed E-state index contributed by atoms with van der Waals surface area (Å²) in [4.78, 5) is 0. The van der Waals surface area contributed by atoms with Crippen molar-refractivity contribution >= 4 is 15.9 Å². The third kappa shape index (κ3) is 3.53. The van der Waals surface area contributed by atoms with Crippen LogP contribution in [0.25, 0.3) is 0 Å². The van der Waals surface area contributed by atoms with Gasteiger partial charge in [0, 0.05) is 17.5 Å². The van der Waals surface area contributed by atoms with Crippen LogP contribution in [0.2, 0.25) is 0 Å². The van der Waals surface area contributed by atoms with E-state index >= 15 is 0 Å². The van der Waals surface area contributed by atoms with Gasteiger partial charge in [0.25, 0.3) is 0 Å². The molecule has 1 fully saturated rings. The van der Waals surface area contributed by atoms with Gasteiger partial charge in [-0.1, -0.05) is 22.0 Å². The lowest BCUT2D eigenvalue weighted by molar-refractivity contribution is -0.0442. The van der Waals surface area contributed by atoms with E-state index in [9.17, 15) is 9.50 Å². The Morgan fingerprint density at radius 1 is 1.50 bits per heavy atom. The number of hydrogen-bond donors (Lipinski definition) is 1. The monoisotopic (exact) mass is 316 g/mol. The van der Waals surface area contributed by atoms with Crippen LogP contribution in [0.5, 0.6) is 0 Å². The predicted molar refractivity (Wildman–Crippen MR) is 71.9 cm³/mol. The highest BCUT2D eigenvalue weighted by molar-refractivity contribution is 9.10. The Hall–Kier alpha value is -0.450. The van der Waals surface area contributed by atoms with E-state index in [1.54, 1.807) is 12.1 Å². The second-order valence-corrected chi connectivity index (χ2v) is 5.68. The molecular formula is C14H18BrFO2. The van der Waals surface area contributed by atoms with Crippen LogP contribution in [-0.4, -0.2) is 23.9 Å². The summed E-state index contributed by atoms with van der Waals surface area (Å²) in [7, 11) is 0. The van der Waals surface area contributed by atoms with E-state index in [0.717, 1.165) is 12.8 Å². The van der Waals surface area contributed by atoms with Crippen molar-refractivity contribution in [1.29, 1.82) is 0 Å². The van der Waals surface area contributed by atoms with Gasteiger partial charge in [0.05, 0.1) is 12.2 Å². The summed E-state index contributed by atoms with van der Waals surface area (Å²) >= 11 is 3.22. The zero-order valence-electron chi connectivity index (χ0n) is 10.4. The minimum Gasteiger partial charge on any atom is -0.390 e. The third-order valence-electron chi connectivity index (χ3n) is 3.27. The van der Waals surface area contributed by atoms with Crippen LogP contribution in [0, 0.1) is 11.7 Å². The number of hydrogen-bond acceptors (Lipinski definition) is 2. The van der Waals surface area contributed by atoms with Crippen LogP contribution in [0.15, 0.2) is 22.7 Å². The van der Waals surface area contributed by atoms with Crippen molar-refractivity contribution in [3.8, 4) is 0 Å². The number of halogens is 2. The normalized spacial score (nSPS) is 18.7. The molecule has 1 aromatic carbocycles. The maximum Gasteiger partial charge on any atom is 0.127 e. The summed E-state index contributed by atoms with van der Waals surface area (Å²) in [6.07, 6.45) is 1.72. The maximum atomic E-state index is 13.7. The molecule has 0 aliphatic heterocycles. The average molecular weight is 317 g/mol. The molecule has 100 valence electrons. The molecule has 4 heteroatoms. The van der Waals surface area contributed by atoms with Crippen LogP contribution in [0.1, 0.15) is 25.3 Å². The Labute approximate surface area is 115 Å². The van der Waals surface area contributed by atoms with Crippen molar-refractivity contribution in [2.75, 3.05) is 6.61 Å². The van der Waals surface area contributed by atoms with Gasteiger partial charge in [-0.25, -0.2) is 4.39 Å². The fourth-order valence-electron chi connectivity index (χ4n) is 2.21. The zero-order valence-corrected chi connectivity index (χ0v) is 12.0. The van der Waals surface area contributed by atoms with E-state index in [2.05, 4.69) is 15.9 Å². The van der Waals surface area contributed by atoms with Gasteiger partial charge in [0.2, 0.25) is 0 Å². The highest BCUT2D eigenvalue weighted by atomic mass is 79.9. The van der Waals surface area contributed by atoms with Crippen molar-refractivity contribution < 1.29 is 14.2 Å². The van der Waals surface area contributed by atoms with Gasteiger partial charge in [0.1, 0.15) is 5.82 Å². The number of benzene rings is 1. The molecular weight excluding hydrogens is 299 g/mol. The summed E-state index contributed by atoms with van der Waals surface area (Å²) in [6.45, 7) is 2.50. The molecule has 2 unspecified atom stereocenters. The second kappa shape index (κ2) is 6.13. The number of aliphatic hydroxyl groups is 1. The van der Waals surface area contributed by atoms with Gasteiger partial charge in [0.15, 0.2) is 0 Å². The molecule has 1 N–H and O–H groups in total. The zero-order chi connectivity index (χ0) is 13.1. The first-order valence-electron chi connectivity index (χ1n) is 6.35. The molecule has 0 aromatic heterocycles. The SMILES string of the molecule is CCOC(C(O)Cc1ccc(Br)cc1F)C1CC1. The van der Waals surface area contributed by atoms with Gasteiger partial charge in [-0.3, -0.25) is 0 Å². The molecule has 0 bridgehead atoms. The Morgan fingerprint density at radius 3 is 2.78 bits per heavy atom. The molecule has 18 heavy (non-hydrogen) atoms. The average Bonchev–Trinajstić information content (AvgIpc) is 3.13. The standard InChI is InChI=1S/C14H18BrFO2/c1-2-18-14(9-3-4-9)13(17)7-10-5-6-11(15)8-12(10)16/h5-6,8-9,13-14,17H,2-4,7H2,1H3. The van der Waals surface area contributed by atoms with Gasteiger partial charge in [-0.15, -0.1) is 0 Å². The lowest BCUT2D eigenvalue weighted by Gasteiger charge is -2.23. The van der Waals surface area contributed by atoms with Gasteiger partial charge in [-0.05, 0) is 43.4 Å². The van der Waals surface area contributed by atoms with E-state index in [1.807, 2.05) is 6.92 Å². The van der Waals surface area contributed by atoms with Crippen molar-refractivity contribution in [2.24, 2.45) is 5.92 Å². The number of aliphatic hydroxyl groups excluding tert-OH is 1. The molecule has 1 saturated carbocycles. The van der Waals surface area contributed by atoms with Crippen LogP contribution in [0.3, 0.4) is 0 Å². The largest absolute Gasteiger partial charge is 0.390 e. The van der Waals surface area contributed by atoms with Crippen LogP contribution in [-0.2, 0) is 11.2 Å². The highest BCUT2D eigenvalue weighted by Crippen LogP contribution is 2.36. The molecule has 2 nitrogen and oxygen atoms in total. The predicted octanol–water partition coefficient (Wildman–Crippen LogP) is 3.31. The molecule has 0 saturated heterocycles. The molecule has 1 aliphatic carbocycles. The van der Waals surface area contributed by atoms with Crippen LogP contribution in [0.4, 0.5) is 4.39 Å². The van der Waals surface area contributed by atoms with Crippen molar-refractivity contribution in [2.45, 2.75) is 38.4 Å². The van der Waals surface area contributed by atoms with Crippen LogP contribution >= 0.6 is 15.9 Å². The molecule has 1 aromatic rings. The van der Waals surface area contributed by atoms with Crippen molar-refractivity contribution in [3.05, 3.63) is 34.1 Å². The van der Waals surface area contributed by atoms with E-state index in [1.165, 1.54) is 6.07 Å². The van der Waals surface area contributed by atoms with E-state index in [0.29, 0.717) is 29.0 Å². The molecule has 0 spiro atoms. The third-order valence-corrected chi connectivity index (χ3v) is 3.76. The molecule has 2 rings (SSSR count). The van der Waals surface area contributed by atoms with E-state index < -0.39 is 6.10 Å². The summed E-state index contributed by atoms with van der Waals surface area (Å²) in [5.74, 6) is 0.160. The quantitative estimate of drug-likeness (QED) is 0.872. The molecule has 0 amide bonds. The fourth-order valence-corrected chi connectivity index (χ4v) is 2.54. The Morgan fingerprint density at radius 2 is 2.22 bits per heavy atom. The smallest absolute Gasteiger partial charge is 0.127 e. The van der Waals surface area contributed by atoms with Crippen molar-refractivity contribution in [1.82, 2.24) is 0 Å². The first-order chi connectivity index (χ1) is 8.61. The maximum absolute atomic E-state index is 13.7. The van der Waals surface area contributed by atoms with E-state index in [-0.39, 0.29) is 11.9 Å². The van der Waals surface area contributed by atoms with Crippen molar-refractivity contribution in [3.63, 3.8) is 0 Å². The Bertz CT molecular complexity index is 407. The first kappa shape index (κ1) is 14.0. The summed E-state index contributed by atoms with van der Waals surface area (Å²) in [5, 5.41) is 10.2. The molecule has 1 aliphatic rings. The van der Waals surface area contributed by atoms with Crippen LogP contribution < -0.4 is 0 Å². The second-order valence-electron chi connectivity index (χ2n) is 4.76. The fraction of sp³-hybridized carbons (Fsp3) is 0.571. The Kier molecular flexibility index (Phi) is 4.76. The van der Waals surface area contributed by atoms with E-state index in [4.69, 9.17) is 4.74 Å².